The van der Waals surface area contributed by atoms with Gasteiger partial charge in [-0.2, -0.15) is 0 Å². The third-order valence-electron chi connectivity index (χ3n) is 4.93. The Morgan fingerprint density at radius 3 is 3.08 bits per heavy atom. The fraction of sp³-hybridized carbons (Fsp3) is 0.421. The van der Waals surface area contributed by atoms with Crippen LogP contribution in [0.3, 0.4) is 0 Å². The standard InChI is InChI=1S/C19H22N4O3/c1-25-14-4-2-3-13(6-7-14)21-19-22-16(18(24)23-19)9-12-5-8-15-17(10-12)26-11-20-15/h5,8-11,13-14H,2-4,6-7H2,1H3,(H2,21,22,23,24)/b16-9-/t13-,14-/m0/s1. The highest BCUT2D eigenvalue weighted by atomic mass is 16.5. The van der Waals surface area contributed by atoms with Crippen LogP contribution >= 0.6 is 0 Å². The van der Waals surface area contributed by atoms with Gasteiger partial charge in [-0.3, -0.25) is 10.1 Å². The largest absolute Gasteiger partial charge is 0.443 e. The first-order valence-corrected chi connectivity index (χ1v) is 8.95. The quantitative estimate of drug-likeness (QED) is 0.653. The van der Waals surface area contributed by atoms with Crippen molar-refractivity contribution >= 4 is 29.0 Å². The second-order valence-electron chi connectivity index (χ2n) is 6.71. The molecule has 1 amide bonds. The molecule has 1 saturated heterocycles. The van der Waals surface area contributed by atoms with Crippen molar-refractivity contribution in [2.24, 2.45) is 4.99 Å². The van der Waals surface area contributed by atoms with Gasteiger partial charge in [0.1, 0.15) is 11.2 Å². The molecule has 0 spiro atoms. The maximum absolute atomic E-state index is 12.2. The Bertz CT molecular complexity index is 871. The minimum atomic E-state index is -0.176. The van der Waals surface area contributed by atoms with Crippen molar-refractivity contribution in [1.82, 2.24) is 15.6 Å². The molecule has 1 aliphatic carbocycles. The Morgan fingerprint density at radius 2 is 2.19 bits per heavy atom. The number of carbonyl (C=O) groups excluding carboxylic acids is 1. The van der Waals surface area contributed by atoms with E-state index in [1.165, 1.54) is 6.39 Å². The Balaban J connectivity index is 1.47. The average molecular weight is 354 g/mol. The number of rotatable bonds is 3. The van der Waals surface area contributed by atoms with E-state index in [1.54, 1.807) is 13.2 Å². The minimum Gasteiger partial charge on any atom is -0.443 e. The number of ether oxygens (including phenoxy) is 1. The smallest absolute Gasteiger partial charge is 0.274 e. The van der Waals surface area contributed by atoms with Gasteiger partial charge < -0.3 is 14.5 Å². The van der Waals surface area contributed by atoms with Gasteiger partial charge >= 0.3 is 0 Å². The number of carbonyl (C=O) groups is 1. The van der Waals surface area contributed by atoms with E-state index >= 15 is 0 Å². The highest BCUT2D eigenvalue weighted by Gasteiger charge is 2.24. The number of hydrogen-bond acceptors (Lipinski definition) is 5. The molecule has 2 aliphatic rings. The molecule has 7 nitrogen and oxygen atoms in total. The van der Waals surface area contributed by atoms with Gasteiger partial charge in [0.25, 0.3) is 5.91 Å². The maximum atomic E-state index is 12.2. The molecular weight excluding hydrogens is 332 g/mol. The van der Waals surface area contributed by atoms with Crippen molar-refractivity contribution < 1.29 is 13.9 Å². The Morgan fingerprint density at radius 1 is 1.27 bits per heavy atom. The zero-order valence-corrected chi connectivity index (χ0v) is 14.7. The van der Waals surface area contributed by atoms with Crippen LogP contribution in [-0.4, -0.2) is 36.1 Å². The summed E-state index contributed by atoms with van der Waals surface area (Å²) in [4.78, 5) is 21.0. The number of benzene rings is 1. The summed E-state index contributed by atoms with van der Waals surface area (Å²) < 4.78 is 10.8. The molecular formula is C19H22N4O3. The van der Waals surface area contributed by atoms with Crippen molar-refractivity contribution in [2.45, 2.75) is 44.2 Å². The molecule has 2 aromatic rings. The van der Waals surface area contributed by atoms with Gasteiger partial charge in [0.2, 0.25) is 5.96 Å². The first-order chi connectivity index (χ1) is 12.7. The number of oxazole rings is 1. The molecule has 1 aliphatic heterocycles. The van der Waals surface area contributed by atoms with Gasteiger partial charge in [-0.25, -0.2) is 9.98 Å². The first kappa shape index (κ1) is 16.8. The molecule has 1 saturated carbocycles. The Labute approximate surface area is 151 Å². The maximum Gasteiger partial charge on any atom is 0.274 e. The lowest BCUT2D eigenvalue weighted by atomic mass is 10.1. The average Bonchev–Trinajstić information content (AvgIpc) is 3.16. The van der Waals surface area contributed by atoms with Crippen molar-refractivity contribution in [3.05, 3.63) is 35.9 Å². The molecule has 1 aromatic carbocycles. The normalized spacial score (nSPS) is 26.9. The fourth-order valence-corrected chi connectivity index (χ4v) is 3.48. The summed E-state index contributed by atoms with van der Waals surface area (Å²) in [6, 6.07) is 5.83. The molecule has 4 rings (SSSR count). The summed E-state index contributed by atoms with van der Waals surface area (Å²) in [6.45, 7) is 0. The lowest BCUT2D eigenvalue weighted by Gasteiger charge is -2.11. The summed E-state index contributed by atoms with van der Waals surface area (Å²) in [5, 5.41) is 5.91. The second kappa shape index (κ2) is 7.29. The number of fused-ring (bicyclic) bond motifs is 1. The number of amides is 1. The third-order valence-corrected chi connectivity index (χ3v) is 4.93. The molecule has 0 unspecified atom stereocenters. The summed E-state index contributed by atoms with van der Waals surface area (Å²) in [6.07, 6.45) is 8.68. The highest BCUT2D eigenvalue weighted by molar-refractivity contribution is 6.15. The van der Waals surface area contributed by atoms with Gasteiger partial charge in [-0.1, -0.05) is 6.07 Å². The van der Waals surface area contributed by atoms with Gasteiger partial charge in [0, 0.05) is 7.11 Å². The number of aliphatic imine (C=N–C) groups is 1. The third kappa shape index (κ3) is 3.62. The van der Waals surface area contributed by atoms with Crippen molar-refractivity contribution in [3.8, 4) is 0 Å². The zero-order chi connectivity index (χ0) is 17.9. The molecule has 2 heterocycles. The number of aromatic nitrogens is 1. The van der Waals surface area contributed by atoms with Crippen molar-refractivity contribution in [1.29, 1.82) is 0 Å². The van der Waals surface area contributed by atoms with Gasteiger partial charge in [0.15, 0.2) is 12.0 Å². The van der Waals surface area contributed by atoms with Crippen LogP contribution in [0.2, 0.25) is 0 Å². The van der Waals surface area contributed by atoms with Crippen LogP contribution in [0.1, 0.15) is 37.7 Å². The number of hydrogen-bond donors (Lipinski definition) is 2. The summed E-state index contributed by atoms with van der Waals surface area (Å²) in [5.41, 5.74) is 2.83. The Hall–Kier alpha value is -2.67. The van der Waals surface area contributed by atoms with E-state index < -0.39 is 0 Å². The predicted molar refractivity (Wildman–Crippen MR) is 98.4 cm³/mol. The highest BCUT2D eigenvalue weighted by Crippen LogP contribution is 2.22. The molecule has 26 heavy (non-hydrogen) atoms. The molecule has 1 aromatic heterocycles. The monoisotopic (exact) mass is 354 g/mol. The van der Waals surface area contributed by atoms with Crippen LogP contribution < -0.4 is 10.6 Å². The molecule has 2 atom stereocenters. The molecule has 2 fully saturated rings. The summed E-state index contributed by atoms with van der Waals surface area (Å²) in [7, 11) is 1.77. The van der Waals surface area contributed by atoms with Crippen LogP contribution in [-0.2, 0) is 9.53 Å². The Kier molecular flexibility index (Phi) is 4.71. The van der Waals surface area contributed by atoms with E-state index in [1.807, 2.05) is 18.2 Å². The summed E-state index contributed by atoms with van der Waals surface area (Å²) >= 11 is 0. The van der Waals surface area contributed by atoms with E-state index in [0.717, 1.165) is 43.2 Å². The van der Waals surface area contributed by atoms with Gasteiger partial charge in [0.05, 0.1) is 12.1 Å². The number of nitrogens with zero attached hydrogens (tertiary/aromatic N) is 2. The lowest BCUT2D eigenvalue weighted by molar-refractivity contribution is -0.115. The van der Waals surface area contributed by atoms with E-state index in [-0.39, 0.29) is 11.9 Å². The van der Waals surface area contributed by atoms with E-state index in [4.69, 9.17) is 14.1 Å². The van der Waals surface area contributed by atoms with Crippen LogP contribution in [0.4, 0.5) is 0 Å². The second-order valence-corrected chi connectivity index (χ2v) is 6.71. The predicted octanol–water partition coefficient (Wildman–Crippen LogP) is 2.59. The SMILES string of the molecule is CO[C@H]1CCC[C@H](N=C2NC(=O)/C(=C/c3ccc4ncoc4c3)N2)CC1. The topological polar surface area (TPSA) is 88.8 Å². The zero-order valence-electron chi connectivity index (χ0n) is 14.7. The van der Waals surface area contributed by atoms with E-state index in [9.17, 15) is 4.79 Å². The molecule has 2 N–H and O–H groups in total. The minimum absolute atomic E-state index is 0.176. The molecule has 0 radical (unpaired) electrons. The number of nitrogens with one attached hydrogen (secondary N) is 2. The number of guanidine groups is 1. The van der Waals surface area contributed by atoms with E-state index in [2.05, 4.69) is 15.6 Å². The fourth-order valence-electron chi connectivity index (χ4n) is 3.48. The van der Waals surface area contributed by atoms with Crippen LogP contribution in [0.15, 0.2) is 39.7 Å². The van der Waals surface area contributed by atoms with Crippen LogP contribution in [0, 0.1) is 0 Å². The van der Waals surface area contributed by atoms with Crippen molar-refractivity contribution in [2.75, 3.05) is 7.11 Å². The lowest BCUT2D eigenvalue weighted by Crippen LogP contribution is -2.27. The molecule has 0 bridgehead atoms. The van der Waals surface area contributed by atoms with Crippen molar-refractivity contribution in [3.63, 3.8) is 0 Å². The van der Waals surface area contributed by atoms with Crippen LogP contribution in [0.25, 0.3) is 17.2 Å². The van der Waals surface area contributed by atoms with E-state index in [0.29, 0.717) is 23.3 Å². The van der Waals surface area contributed by atoms with Crippen LogP contribution in [0.5, 0.6) is 0 Å². The first-order valence-electron chi connectivity index (χ1n) is 8.95. The molecule has 136 valence electrons. The van der Waals surface area contributed by atoms with Gasteiger partial charge in [-0.15, -0.1) is 0 Å². The van der Waals surface area contributed by atoms with Gasteiger partial charge in [-0.05, 0) is 55.9 Å². The molecule has 7 heteroatoms. The number of methoxy groups -OCH3 is 1. The summed E-state index contributed by atoms with van der Waals surface area (Å²) in [5.74, 6) is 0.354.